The Morgan fingerprint density at radius 2 is 1.14 bits per heavy atom. The lowest BCUT2D eigenvalue weighted by molar-refractivity contribution is -0.137. The third-order valence-corrected chi connectivity index (χ3v) is 3.22. The van der Waals surface area contributed by atoms with Crippen LogP contribution in [0.25, 0.3) is 0 Å². The van der Waals surface area contributed by atoms with Gasteiger partial charge in [-0.05, 0) is 20.8 Å². The largest absolute Gasteiger partial charge is 0.480 e. The molecule has 8 N–H and O–H groups in total. The second-order valence-corrected chi connectivity index (χ2v) is 5.91. The van der Waals surface area contributed by atoms with E-state index in [4.69, 9.17) is 10.8 Å². The van der Waals surface area contributed by atoms with Crippen molar-refractivity contribution in [3.8, 4) is 0 Å². The molecule has 3 atom stereocenters. The van der Waals surface area contributed by atoms with Crippen molar-refractivity contribution < 1.29 is 33.9 Å². The third-order valence-electron chi connectivity index (χ3n) is 3.22. The first-order valence-electron chi connectivity index (χ1n) is 8.33. The van der Waals surface area contributed by atoms with Crippen LogP contribution >= 0.6 is 0 Å². The second-order valence-electron chi connectivity index (χ2n) is 5.91. The Bertz CT molecular complexity index is 622. The lowest BCUT2D eigenvalue weighted by atomic mass is 10.2. The minimum Gasteiger partial charge on any atom is -0.480 e. The molecule has 0 aromatic carbocycles. The molecule has 5 amide bonds. The van der Waals surface area contributed by atoms with Crippen molar-refractivity contribution in [2.24, 2.45) is 5.73 Å². The maximum atomic E-state index is 11.9. The quantitative estimate of drug-likeness (QED) is 0.180. The van der Waals surface area contributed by atoms with Crippen LogP contribution in [-0.4, -0.2) is 78.4 Å². The van der Waals surface area contributed by atoms with Crippen molar-refractivity contribution >= 4 is 35.5 Å². The Hall–Kier alpha value is -3.22. The van der Waals surface area contributed by atoms with Crippen LogP contribution in [0.15, 0.2) is 0 Å². The van der Waals surface area contributed by atoms with Gasteiger partial charge in [-0.1, -0.05) is 0 Å². The number of aliphatic carboxylic acids is 1. The molecule has 0 radical (unpaired) electrons. The number of nitrogens with one attached hydrogen (secondary N) is 5. The van der Waals surface area contributed by atoms with Crippen molar-refractivity contribution in [2.75, 3.05) is 19.6 Å². The number of nitrogens with two attached hydrogens (primary N) is 1. The third kappa shape index (κ3) is 10.7. The summed E-state index contributed by atoms with van der Waals surface area (Å²) in [5.74, 6) is -4.42. The van der Waals surface area contributed by atoms with Crippen molar-refractivity contribution in [1.29, 1.82) is 0 Å². The van der Waals surface area contributed by atoms with Gasteiger partial charge in [-0.3, -0.25) is 28.8 Å². The second kappa shape index (κ2) is 12.2. The monoisotopic (exact) mass is 402 g/mol. The summed E-state index contributed by atoms with van der Waals surface area (Å²) in [5.41, 5.74) is 5.38. The molecular formula is C15H26N6O7. The Morgan fingerprint density at radius 1 is 0.714 bits per heavy atom. The van der Waals surface area contributed by atoms with Crippen molar-refractivity contribution in [2.45, 2.75) is 38.9 Å². The molecule has 0 heterocycles. The zero-order valence-corrected chi connectivity index (χ0v) is 15.8. The molecule has 158 valence electrons. The predicted octanol–water partition coefficient (Wildman–Crippen LogP) is -4.22. The van der Waals surface area contributed by atoms with E-state index < -0.39 is 73.3 Å². The van der Waals surface area contributed by atoms with Crippen molar-refractivity contribution in [3.63, 3.8) is 0 Å². The Balaban J connectivity index is 4.21. The number of carboxylic acid groups (broad SMARTS) is 1. The van der Waals surface area contributed by atoms with Crippen LogP contribution in [0.1, 0.15) is 20.8 Å². The Morgan fingerprint density at radius 3 is 1.64 bits per heavy atom. The number of hydrogen-bond donors (Lipinski definition) is 7. The summed E-state index contributed by atoms with van der Waals surface area (Å²) >= 11 is 0. The van der Waals surface area contributed by atoms with E-state index in [2.05, 4.69) is 21.3 Å². The van der Waals surface area contributed by atoms with Gasteiger partial charge in [0, 0.05) is 0 Å². The summed E-state index contributed by atoms with van der Waals surface area (Å²) in [6.07, 6.45) is 0. The van der Waals surface area contributed by atoms with E-state index in [0.29, 0.717) is 0 Å². The van der Waals surface area contributed by atoms with Crippen molar-refractivity contribution in [1.82, 2.24) is 26.6 Å². The highest BCUT2D eigenvalue weighted by Crippen LogP contribution is 1.89. The topological polar surface area (TPSA) is 209 Å². The Labute approximate surface area is 161 Å². The molecular weight excluding hydrogens is 376 g/mol. The molecule has 0 aromatic heterocycles. The first-order chi connectivity index (χ1) is 12.9. The lowest BCUT2D eigenvalue weighted by Crippen LogP contribution is -2.54. The van der Waals surface area contributed by atoms with Gasteiger partial charge in [0.15, 0.2) is 0 Å². The highest BCUT2D eigenvalue weighted by atomic mass is 16.4. The predicted molar refractivity (Wildman–Crippen MR) is 95.5 cm³/mol. The van der Waals surface area contributed by atoms with E-state index in [-0.39, 0.29) is 0 Å². The van der Waals surface area contributed by atoms with Crippen LogP contribution in [0.5, 0.6) is 0 Å². The van der Waals surface area contributed by atoms with Crippen LogP contribution in [0, 0.1) is 0 Å². The maximum Gasteiger partial charge on any atom is 0.322 e. The fourth-order valence-corrected chi connectivity index (χ4v) is 1.61. The fourth-order valence-electron chi connectivity index (χ4n) is 1.61. The fraction of sp³-hybridized carbons (Fsp3) is 0.600. The average Bonchev–Trinajstić information content (AvgIpc) is 2.61. The summed E-state index contributed by atoms with van der Waals surface area (Å²) in [6.45, 7) is 2.77. The number of rotatable bonds is 11. The summed E-state index contributed by atoms with van der Waals surface area (Å²) in [5, 5.41) is 19.6. The highest BCUT2D eigenvalue weighted by molar-refractivity contribution is 5.94. The summed E-state index contributed by atoms with van der Waals surface area (Å²) < 4.78 is 0. The minimum atomic E-state index is -1.23. The van der Waals surface area contributed by atoms with E-state index in [9.17, 15) is 28.8 Å². The zero-order chi connectivity index (χ0) is 21.9. The molecule has 0 aliphatic rings. The van der Waals surface area contributed by atoms with E-state index >= 15 is 0 Å². The molecule has 0 spiro atoms. The minimum absolute atomic E-state index is 0.453. The van der Waals surface area contributed by atoms with Gasteiger partial charge >= 0.3 is 5.97 Å². The molecule has 0 unspecified atom stereocenters. The van der Waals surface area contributed by atoms with Crippen molar-refractivity contribution in [3.05, 3.63) is 0 Å². The lowest BCUT2D eigenvalue weighted by Gasteiger charge is -2.19. The number of amides is 5. The number of hydrogen-bond acceptors (Lipinski definition) is 7. The van der Waals surface area contributed by atoms with Crippen LogP contribution in [0.4, 0.5) is 0 Å². The van der Waals surface area contributed by atoms with Crippen LogP contribution in [0.2, 0.25) is 0 Å². The summed E-state index contributed by atoms with van der Waals surface area (Å²) in [7, 11) is 0. The van der Waals surface area contributed by atoms with E-state index in [1.807, 2.05) is 5.32 Å². The molecule has 13 heteroatoms. The molecule has 28 heavy (non-hydrogen) atoms. The molecule has 13 nitrogen and oxygen atoms in total. The SMILES string of the molecule is C[C@H](N)C(=O)N[C@@H](C)C(=O)N[C@@H](C)C(=O)NCC(=O)NCC(=O)NCC(=O)O. The molecule has 0 aliphatic carbocycles. The standard InChI is InChI=1S/C15H26N6O7/c1-7(16)13(26)20-9(3)15(28)21-8(2)14(27)19-5-11(23)17-4-10(22)18-6-12(24)25/h7-9H,4-6,16H2,1-3H3,(H,17,23)(H,18,22)(H,19,27)(H,20,26)(H,21,28)(H,24,25)/t7-,8-,9-/m0/s1. The molecule has 0 aliphatic heterocycles. The highest BCUT2D eigenvalue weighted by Gasteiger charge is 2.22. The van der Waals surface area contributed by atoms with E-state index in [0.717, 1.165) is 0 Å². The van der Waals surface area contributed by atoms with Gasteiger partial charge in [-0.15, -0.1) is 0 Å². The molecule has 0 aromatic rings. The van der Waals surface area contributed by atoms with Crippen LogP contribution in [-0.2, 0) is 28.8 Å². The molecule has 0 bridgehead atoms. The number of carbonyl (C=O) groups excluding carboxylic acids is 5. The van der Waals surface area contributed by atoms with Gasteiger partial charge < -0.3 is 37.4 Å². The van der Waals surface area contributed by atoms with Gasteiger partial charge in [-0.2, -0.15) is 0 Å². The van der Waals surface area contributed by atoms with Gasteiger partial charge in [0.2, 0.25) is 29.5 Å². The van der Waals surface area contributed by atoms with Gasteiger partial charge in [0.25, 0.3) is 0 Å². The van der Waals surface area contributed by atoms with Crippen LogP contribution in [0.3, 0.4) is 0 Å². The molecule has 0 saturated carbocycles. The summed E-state index contributed by atoms with van der Waals surface area (Å²) in [6, 6.07) is -2.70. The van der Waals surface area contributed by atoms with Gasteiger partial charge in [-0.25, -0.2) is 0 Å². The zero-order valence-electron chi connectivity index (χ0n) is 15.8. The molecule has 0 rings (SSSR count). The summed E-state index contributed by atoms with van der Waals surface area (Å²) in [4.78, 5) is 68.3. The molecule has 0 fully saturated rings. The first-order valence-corrected chi connectivity index (χ1v) is 8.33. The normalized spacial score (nSPS) is 13.3. The average molecular weight is 402 g/mol. The van der Waals surface area contributed by atoms with Gasteiger partial charge in [0.1, 0.15) is 18.6 Å². The van der Waals surface area contributed by atoms with E-state index in [1.165, 1.54) is 20.8 Å². The van der Waals surface area contributed by atoms with Gasteiger partial charge in [0.05, 0.1) is 19.1 Å². The number of carbonyl (C=O) groups is 6. The van der Waals surface area contributed by atoms with Crippen LogP contribution < -0.4 is 32.3 Å². The van der Waals surface area contributed by atoms with E-state index in [1.54, 1.807) is 0 Å². The number of carboxylic acids is 1. The molecule has 0 saturated heterocycles. The smallest absolute Gasteiger partial charge is 0.322 e. The first kappa shape index (κ1) is 24.8. The maximum absolute atomic E-state index is 11.9. The Kier molecular flexibility index (Phi) is 10.8.